The summed E-state index contributed by atoms with van der Waals surface area (Å²) in [6, 6.07) is 4.71. The number of esters is 1. The molecule has 0 saturated carbocycles. The van der Waals surface area contributed by atoms with Gasteiger partial charge in [-0.25, -0.2) is 9.48 Å². The lowest BCUT2D eigenvalue weighted by Gasteiger charge is -2.28. The fourth-order valence-corrected chi connectivity index (χ4v) is 3.55. The van der Waals surface area contributed by atoms with Gasteiger partial charge in [-0.15, -0.1) is 0 Å². The lowest BCUT2D eigenvalue weighted by atomic mass is 9.95. The van der Waals surface area contributed by atoms with Gasteiger partial charge in [0, 0.05) is 18.8 Å². The minimum absolute atomic E-state index is 0.0929. The highest BCUT2D eigenvalue weighted by Gasteiger charge is 2.34. The summed E-state index contributed by atoms with van der Waals surface area (Å²) in [5.41, 5.74) is 1.77. The number of hydrogen-bond acceptors (Lipinski definition) is 8. The Morgan fingerprint density at radius 3 is 2.58 bits per heavy atom. The molecule has 1 aliphatic rings. The first-order valence-electron chi connectivity index (χ1n) is 9.99. The van der Waals surface area contributed by atoms with Crippen LogP contribution in [0.2, 0.25) is 0 Å². The van der Waals surface area contributed by atoms with E-state index in [1.54, 1.807) is 34.7 Å². The minimum atomic E-state index is -0.563. The van der Waals surface area contributed by atoms with E-state index >= 15 is 0 Å². The van der Waals surface area contributed by atoms with Crippen molar-refractivity contribution in [2.75, 3.05) is 39.2 Å². The molecule has 1 amide bonds. The largest absolute Gasteiger partial charge is 0.493 e. The highest BCUT2D eigenvalue weighted by Crippen LogP contribution is 2.38. The number of carbonyl (C=O) groups excluding carboxylic acids is 2. The maximum Gasteiger partial charge on any atom is 0.338 e. The second-order valence-electron chi connectivity index (χ2n) is 6.85. The van der Waals surface area contributed by atoms with Gasteiger partial charge in [0.1, 0.15) is 12.4 Å². The molecule has 0 radical (unpaired) electrons. The van der Waals surface area contributed by atoms with Crippen molar-refractivity contribution in [1.82, 2.24) is 19.7 Å². The van der Waals surface area contributed by atoms with Crippen LogP contribution in [0.5, 0.6) is 11.5 Å². The molecule has 2 aromatic rings. The van der Waals surface area contributed by atoms with Gasteiger partial charge in [-0.1, -0.05) is 6.07 Å². The first-order valence-corrected chi connectivity index (χ1v) is 9.99. The number of ether oxygens (including phenoxy) is 3. The van der Waals surface area contributed by atoms with Crippen molar-refractivity contribution in [1.29, 1.82) is 0 Å². The smallest absolute Gasteiger partial charge is 0.338 e. The van der Waals surface area contributed by atoms with Crippen molar-refractivity contribution in [3.63, 3.8) is 0 Å². The molecule has 1 aliphatic heterocycles. The number of nitrogens with zero attached hydrogens (tertiary/aromatic N) is 4. The zero-order chi connectivity index (χ0) is 22.5. The van der Waals surface area contributed by atoms with E-state index in [4.69, 9.17) is 14.2 Å². The van der Waals surface area contributed by atoms with E-state index in [-0.39, 0.29) is 12.5 Å². The molecule has 1 N–H and O–H groups in total. The summed E-state index contributed by atoms with van der Waals surface area (Å²) in [6.45, 7) is 6.76. The Labute approximate surface area is 180 Å². The lowest BCUT2D eigenvalue weighted by Crippen LogP contribution is -2.34. The Morgan fingerprint density at radius 2 is 1.94 bits per heavy atom. The fourth-order valence-electron chi connectivity index (χ4n) is 3.55. The average molecular weight is 429 g/mol. The number of benzene rings is 1. The Morgan fingerprint density at radius 1 is 1.19 bits per heavy atom. The van der Waals surface area contributed by atoms with Gasteiger partial charge in [0.15, 0.2) is 18.1 Å². The van der Waals surface area contributed by atoms with Crippen molar-refractivity contribution in [2.24, 2.45) is 0 Å². The molecular formula is C21H27N5O5. The van der Waals surface area contributed by atoms with E-state index in [1.807, 2.05) is 13.8 Å². The fraction of sp³-hybridized carbons (Fsp3) is 0.429. The molecule has 0 bridgehead atoms. The molecule has 31 heavy (non-hydrogen) atoms. The number of allylic oxidation sites excluding steroid dienone is 1. The molecule has 166 valence electrons. The SMILES string of the molecule is CCN(CC)C(=O)COc1ccc(C2C(C(=O)OC)=C(C)Nc3ncnn32)cc1OC. The highest BCUT2D eigenvalue weighted by molar-refractivity contribution is 5.92. The third kappa shape index (κ3) is 4.32. The van der Waals surface area contributed by atoms with Crippen LogP contribution in [0.1, 0.15) is 32.4 Å². The van der Waals surface area contributed by atoms with Crippen molar-refractivity contribution < 1.29 is 23.8 Å². The van der Waals surface area contributed by atoms with Gasteiger partial charge in [0.25, 0.3) is 5.91 Å². The van der Waals surface area contributed by atoms with Gasteiger partial charge in [0.05, 0.1) is 19.8 Å². The van der Waals surface area contributed by atoms with Gasteiger partial charge in [-0.2, -0.15) is 10.1 Å². The van der Waals surface area contributed by atoms with Crippen molar-refractivity contribution in [3.05, 3.63) is 41.4 Å². The van der Waals surface area contributed by atoms with Gasteiger partial charge in [-0.3, -0.25) is 4.79 Å². The molecule has 1 aromatic heterocycles. The third-order valence-electron chi connectivity index (χ3n) is 5.17. The van der Waals surface area contributed by atoms with E-state index in [0.717, 1.165) is 5.56 Å². The van der Waals surface area contributed by atoms with Crippen LogP contribution < -0.4 is 14.8 Å². The predicted octanol–water partition coefficient (Wildman–Crippen LogP) is 2.00. The number of hydrogen-bond donors (Lipinski definition) is 1. The number of nitrogens with one attached hydrogen (secondary N) is 1. The molecule has 10 heteroatoms. The molecule has 1 aromatic carbocycles. The predicted molar refractivity (Wildman–Crippen MR) is 113 cm³/mol. The number of likely N-dealkylation sites (N-methyl/N-ethyl adjacent to an activating group) is 1. The number of anilines is 1. The quantitative estimate of drug-likeness (QED) is 0.635. The Bertz CT molecular complexity index is 996. The Balaban J connectivity index is 1.94. The monoisotopic (exact) mass is 429 g/mol. The van der Waals surface area contributed by atoms with Gasteiger partial charge in [0.2, 0.25) is 5.95 Å². The van der Waals surface area contributed by atoms with E-state index in [1.165, 1.54) is 20.5 Å². The van der Waals surface area contributed by atoms with Gasteiger partial charge in [-0.05, 0) is 38.5 Å². The van der Waals surface area contributed by atoms with Crippen LogP contribution in [0.25, 0.3) is 0 Å². The molecule has 0 aliphatic carbocycles. The summed E-state index contributed by atoms with van der Waals surface area (Å²) in [5.74, 6) is 0.805. The summed E-state index contributed by atoms with van der Waals surface area (Å²) in [4.78, 5) is 30.7. The summed E-state index contributed by atoms with van der Waals surface area (Å²) < 4.78 is 17.8. The first-order chi connectivity index (χ1) is 14.9. The van der Waals surface area contributed by atoms with Crippen molar-refractivity contribution in [3.8, 4) is 11.5 Å². The normalized spacial score (nSPS) is 15.1. The van der Waals surface area contributed by atoms with Crippen LogP contribution in [0.4, 0.5) is 5.95 Å². The zero-order valence-corrected chi connectivity index (χ0v) is 18.3. The molecule has 10 nitrogen and oxygen atoms in total. The summed E-state index contributed by atoms with van der Waals surface area (Å²) in [5, 5.41) is 7.34. The number of rotatable bonds is 8. The maximum atomic E-state index is 12.5. The van der Waals surface area contributed by atoms with Crippen molar-refractivity contribution in [2.45, 2.75) is 26.8 Å². The summed E-state index contributed by atoms with van der Waals surface area (Å²) in [6.07, 6.45) is 1.41. The molecule has 0 spiro atoms. The Kier molecular flexibility index (Phi) is 6.78. The first kappa shape index (κ1) is 22.1. The molecular weight excluding hydrogens is 402 g/mol. The molecule has 3 rings (SSSR count). The highest BCUT2D eigenvalue weighted by atomic mass is 16.5. The van der Waals surface area contributed by atoms with Crippen LogP contribution >= 0.6 is 0 Å². The second-order valence-corrected chi connectivity index (χ2v) is 6.85. The number of fused-ring (bicyclic) bond motifs is 1. The van der Waals surface area contributed by atoms with Crippen LogP contribution in [-0.4, -0.2) is 65.5 Å². The summed E-state index contributed by atoms with van der Waals surface area (Å²) in [7, 11) is 2.85. The molecule has 0 fully saturated rings. The van der Waals surface area contributed by atoms with E-state index in [2.05, 4.69) is 15.4 Å². The second kappa shape index (κ2) is 9.50. The number of carbonyl (C=O) groups is 2. The van der Waals surface area contributed by atoms with E-state index < -0.39 is 12.0 Å². The van der Waals surface area contributed by atoms with E-state index in [9.17, 15) is 9.59 Å². The van der Waals surface area contributed by atoms with Crippen LogP contribution in [0, 0.1) is 0 Å². The molecule has 1 atom stereocenters. The molecule has 1 unspecified atom stereocenters. The molecule has 0 saturated heterocycles. The third-order valence-corrected chi connectivity index (χ3v) is 5.17. The minimum Gasteiger partial charge on any atom is -0.493 e. The van der Waals surface area contributed by atoms with Crippen LogP contribution in [-0.2, 0) is 14.3 Å². The number of amides is 1. The lowest BCUT2D eigenvalue weighted by molar-refractivity contribution is -0.136. The Hall–Kier alpha value is -3.56. The average Bonchev–Trinajstić information content (AvgIpc) is 3.24. The number of aromatic nitrogens is 3. The van der Waals surface area contributed by atoms with Crippen molar-refractivity contribution >= 4 is 17.8 Å². The standard InChI is InChI=1S/C21H27N5O5/c1-6-25(7-2)17(27)11-31-15-9-8-14(10-16(15)29-4)19-18(20(28)30-5)13(3)24-21-22-12-23-26(19)21/h8-10,12,19H,6-7,11H2,1-5H3,(H,22,23,24). The maximum absolute atomic E-state index is 12.5. The zero-order valence-electron chi connectivity index (χ0n) is 18.3. The van der Waals surface area contributed by atoms with Gasteiger partial charge >= 0.3 is 5.97 Å². The molecule has 2 heterocycles. The van der Waals surface area contributed by atoms with Crippen LogP contribution in [0.15, 0.2) is 35.8 Å². The summed E-state index contributed by atoms with van der Waals surface area (Å²) >= 11 is 0. The van der Waals surface area contributed by atoms with Gasteiger partial charge < -0.3 is 24.4 Å². The topological polar surface area (TPSA) is 108 Å². The number of methoxy groups -OCH3 is 2. The van der Waals surface area contributed by atoms with E-state index in [0.29, 0.717) is 41.8 Å². The van der Waals surface area contributed by atoms with Crippen LogP contribution in [0.3, 0.4) is 0 Å².